The summed E-state index contributed by atoms with van der Waals surface area (Å²) < 4.78 is 0. The van der Waals surface area contributed by atoms with Crippen LogP contribution < -0.4 is 10.6 Å². The maximum absolute atomic E-state index is 3.31. The Labute approximate surface area is 112 Å². The summed E-state index contributed by atoms with van der Waals surface area (Å²) in [4.78, 5) is 3.29. The van der Waals surface area contributed by atoms with E-state index in [1.807, 2.05) is 72.8 Å². The number of H-pyrrole nitrogens is 1. The maximum atomic E-state index is 3.31. The second kappa shape index (κ2) is 5.31. The van der Waals surface area contributed by atoms with Gasteiger partial charge in [-0.05, 0) is 36.4 Å². The van der Waals surface area contributed by atoms with Crippen LogP contribution in [0.2, 0.25) is 0 Å². The topological polar surface area (TPSA) is 39.8 Å². The van der Waals surface area contributed by atoms with Gasteiger partial charge in [0.05, 0.1) is 0 Å². The molecule has 94 valence electrons. The molecule has 3 heteroatoms. The van der Waals surface area contributed by atoms with Gasteiger partial charge >= 0.3 is 0 Å². The van der Waals surface area contributed by atoms with Crippen molar-refractivity contribution in [2.24, 2.45) is 0 Å². The van der Waals surface area contributed by atoms with Gasteiger partial charge in [0.15, 0.2) is 0 Å². The molecule has 3 nitrogen and oxygen atoms in total. The van der Waals surface area contributed by atoms with Crippen molar-refractivity contribution in [2.45, 2.75) is 0 Å². The Morgan fingerprint density at radius 1 is 0.526 bits per heavy atom. The molecule has 0 amide bonds. The minimum Gasteiger partial charge on any atom is -0.342 e. The summed E-state index contributed by atoms with van der Waals surface area (Å²) in [6.07, 6.45) is 0. The lowest BCUT2D eigenvalue weighted by molar-refractivity contribution is 1.35. The quantitative estimate of drug-likeness (QED) is 0.637. The number of aromatic amines is 1. The zero-order valence-corrected chi connectivity index (χ0v) is 10.4. The van der Waals surface area contributed by atoms with E-state index >= 15 is 0 Å². The van der Waals surface area contributed by atoms with Crippen molar-refractivity contribution in [2.75, 3.05) is 10.6 Å². The van der Waals surface area contributed by atoms with Gasteiger partial charge in [-0.3, -0.25) is 0 Å². The van der Waals surface area contributed by atoms with Crippen LogP contribution in [0.15, 0.2) is 72.8 Å². The average molecular weight is 249 g/mol. The molecule has 0 aliphatic carbocycles. The highest BCUT2D eigenvalue weighted by atomic mass is 15.1. The van der Waals surface area contributed by atoms with Gasteiger partial charge in [0.1, 0.15) is 11.6 Å². The molecule has 0 radical (unpaired) electrons. The summed E-state index contributed by atoms with van der Waals surface area (Å²) in [6, 6.07) is 24.2. The van der Waals surface area contributed by atoms with Crippen molar-refractivity contribution in [1.82, 2.24) is 4.98 Å². The van der Waals surface area contributed by atoms with Gasteiger partial charge in [0.25, 0.3) is 0 Å². The highest BCUT2D eigenvalue weighted by Crippen LogP contribution is 2.20. The first kappa shape index (κ1) is 11.4. The molecular formula is C16H15N3. The molecule has 0 saturated heterocycles. The molecule has 1 aromatic heterocycles. The Bertz CT molecular complexity index is 573. The smallest absolute Gasteiger partial charge is 0.109 e. The molecule has 0 aliphatic rings. The Hall–Kier alpha value is -2.68. The van der Waals surface area contributed by atoms with E-state index in [0.717, 1.165) is 23.0 Å². The number of hydrogen-bond donors (Lipinski definition) is 3. The first-order valence-corrected chi connectivity index (χ1v) is 6.23. The fraction of sp³-hybridized carbons (Fsp3) is 0. The third kappa shape index (κ3) is 2.96. The Morgan fingerprint density at radius 2 is 0.947 bits per heavy atom. The molecule has 0 unspecified atom stereocenters. The Morgan fingerprint density at radius 3 is 1.37 bits per heavy atom. The molecule has 0 bridgehead atoms. The number of benzene rings is 2. The summed E-state index contributed by atoms with van der Waals surface area (Å²) >= 11 is 0. The van der Waals surface area contributed by atoms with Gasteiger partial charge in [-0.25, -0.2) is 0 Å². The fourth-order valence-electron chi connectivity index (χ4n) is 1.89. The van der Waals surface area contributed by atoms with Crippen LogP contribution in [0.3, 0.4) is 0 Å². The van der Waals surface area contributed by atoms with Gasteiger partial charge in [0, 0.05) is 11.4 Å². The van der Waals surface area contributed by atoms with Gasteiger partial charge in [-0.1, -0.05) is 36.4 Å². The van der Waals surface area contributed by atoms with Crippen LogP contribution in [0.25, 0.3) is 0 Å². The summed E-state index contributed by atoms with van der Waals surface area (Å²) in [6.45, 7) is 0. The van der Waals surface area contributed by atoms with Crippen molar-refractivity contribution in [1.29, 1.82) is 0 Å². The largest absolute Gasteiger partial charge is 0.342 e. The third-order valence-electron chi connectivity index (χ3n) is 2.79. The molecule has 2 aromatic carbocycles. The summed E-state index contributed by atoms with van der Waals surface area (Å²) in [5.74, 6) is 1.93. The van der Waals surface area contributed by atoms with Crippen molar-refractivity contribution in [3.8, 4) is 0 Å². The first-order valence-electron chi connectivity index (χ1n) is 6.23. The molecule has 3 N–H and O–H groups in total. The minimum absolute atomic E-state index is 0.963. The fourth-order valence-corrected chi connectivity index (χ4v) is 1.89. The van der Waals surface area contributed by atoms with E-state index in [1.54, 1.807) is 0 Å². The van der Waals surface area contributed by atoms with E-state index in [0.29, 0.717) is 0 Å². The maximum Gasteiger partial charge on any atom is 0.109 e. The monoisotopic (exact) mass is 249 g/mol. The second-order valence-corrected chi connectivity index (χ2v) is 4.27. The molecule has 0 fully saturated rings. The van der Waals surface area contributed by atoms with E-state index in [1.165, 1.54) is 0 Å². The van der Waals surface area contributed by atoms with Gasteiger partial charge < -0.3 is 15.6 Å². The minimum atomic E-state index is 0.963. The second-order valence-electron chi connectivity index (χ2n) is 4.27. The normalized spacial score (nSPS) is 10.1. The van der Waals surface area contributed by atoms with Crippen molar-refractivity contribution in [3.05, 3.63) is 72.8 Å². The lowest BCUT2D eigenvalue weighted by atomic mass is 10.3. The van der Waals surface area contributed by atoms with Crippen LogP contribution in [0.5, 0.6) is 0 Å². The molecular weight excluding hydrogens is 234 g/mol. The zero-order valence-electron chi connectivity index (χ0n) is 10.4. The molecule has 0 aliphatic heterocycles. The highest BCUT2D eigenvalue weighted by molar-refractivity contribution is 5.63. The number of anilines is 4. The average Bonchev–Trinajstić information content (AvgIpc) is 2.88. The van der Waals surface area contributed by atoms with Crippen molar-refractivity contribution in [3.63, 3.8) is 0 Å². The Kier molecular flexibility index (Phi) is 3.19. The number of para-hydroxylation sites is 2. The van der Waals surface area contributed by atoms with Crippen LogP contribution in [0.1, 0.15) is 0 Å². The van der Waals surface area contributed by atoms with Crippen molar-refractivity contribution < 1.29 is 0 Å². The molecule has 0 spiro atoms. The number of hydrogen-bond acceptors (Lipinski definition) is 2. The van der Waals surface area contributed by atoms with E-state index in [-0.39, 0.29) is 0 Å². The van der Waals surface area contributed by atoms with Crippen LogP contribution in [0.4, 0.5) is 23.0 Å². The predicted molar refractivity (Wildman–Crippen MR) is 80.2 cm³/mol. The predicted octanol–water partition coefficient (Wildman–Crippen LogP) is 4.50. The van der Waals surface area contributed by atoms with Crippen LogP contribution in [-0.4, -0.2) is 4.98 Å². The first-order chi connectivity index (χ1) is 9.40. The lowest BCUT2D eigenvalue weighted by Crippen LogP contribution is -1.92. The summed E-state index contributed by atoms with van der Waals surface area (Å²) in [5, 5.41) is 6.63. The van der Waals surface area contributed by atoms with Gasteiger partial charge in [-0.2, -0.15) is 0 Å². The molecule has 3 aromatic rings. The molecule has 0 saturated carbocycles. The van der Waals surface area contributed by atoms with Gasteiger partial charge in [0.2, 0.25) is 0 Å². The van der Waals surface area contributed by atoms with E-state index in [2.05, 4.69) is 15.6 Å². The van der Waals surface area contributed by atoms with Crippen LogP contribution in [0, 0.1) is 0 Å². The SMILES string of the molecule is c1ccc(Nc2ccc(Nc3ccccc3)[nH]2)cc1. The molecule has 0 atom stereocenters. The summed E-state index contributed by atoms with van der Waals surface area (Å²) in [7, 11) is 0. The molecule has 19 heavy (non-hydrogen) atoms. The third-order valence-corrected chi connectivity index (χ3v) is 2.79. The standard InChI is InChI=1S/C16H15N3/c1-3-7-13(8-4-1)17-15-11-12-16(19-15)18-14-9-5-2-6-10-14/h1-12,17-19H. The van der Waals surface area contributed by atoms with Crippen molar-refractivity contribution >= 4 is 23.0 Å². The molecule has 3 rings (SSSR count). The van der Waals surface area contributed by atoms with E-state index < -0.39 is 0 Å². The van der Waals surface area contributed by atoms with E-state index in [9.17, 15) is 0 Å². The van der Waals surface area contributed by atoms with Gasteiger partial charge in [-0.15, -0.1) is 0 Å². The number of nitrogens with one attached hydrogen (secondary N) is 3. The Balaban J connectivity index is 1.70. The number of aromatic nitrogens is 1. The number of rotatable bonds is 4. The van der Waals surface area contributed by atoms with Crippen LogP contribution in [-0.2, 0) is 0 Å². The summed E-state index contributed by atoms with van der Waals surface area (Å²) in [5.41, 5.74) is 2.13. The van der Waals surface area contributed by atoms with Crippen LogP contribution >= 0.6 is 0 Å². The molecule has 1 heterocycles. The van der Waals surface area contributed by atoms with E-state index in [4.69, 9.17) is 0 Å². The lowest BCUT2D eigenvalue weighted by Gasteiger charge is -2.05. The zero-order chi connectivity index (χ0) is 12.9. The highest BCUT2D eigenvalue weighted by Gasteiger charge is 1.99.